The van der Waals surface area contributed by atoms with E-state index in [0.29, 0.717) is 23.1 Å². The smallest absolute Gasteiger partial charge is 0.320 e. The molecule has 1 nitrogen and oxygen atoms in total. The molecule has 1 atom stereocenters. The molecule has 0 unspecified atom stereocenters. The maximum absolute atomic E-state index is 12.9. The van der Waals surface area contributed by atoms with E-state index in [1.807, 2.05) is 0 Å². The van der Waals surface area contributed by atoms with Crippen LogP contribution in [-0.2, 0) is 12.4 Å². The molecule has 0 aliphatic rings. The quantitative estimate of drug-likeness (QED) is 0.726. The molecule has 2 rings (SSSR count). The van der Waals surface area contributed by atoms with Gasteiger partial charge >= 0.3 is 12.4 Å². The van der Waals surface area contributed by atoms with E-state index in [0.717, 1.165) is 11.3 Å². The van der Waals surface area contributed by atoms with Crippen molar-refractivity contribution < 1.29 is 26.3 Å². The Labute approximate surface area is 132 Å². The zero-order valence-electron chi connectivity index (χ0n) is 10.7. The van der Waals surface area contributed by atoms with Gasteiger partial charge < -0.3 is 5.73 Å². The molecule has 0 fully saturated rings. The van der Waals surface area contributed by atoms with E-state index in [4.69, 9.17) is 5.73 Å². The van der Waals surface area contributed by atoms with Crippen molar-refractivity contribution in [3.05, 3.63) is 57.3 Å². The van der Waals surface area contributed by atoms with E-state index in [1.54, 1.807) is 11.4 Å². The van der Waals surface area contributed by atoms with E-state index in [9.17, 15) is 26.3 Å². The van der Waals surface area contributed by atoms with Crippen molar-refractivity contribution in [3.8, 4) is 0 Å². The van der Waals surface area contributed by atoms with Gasteiger partial charge in [-0.2, -0.15) is 26.3 Å². The highest BCUT2D eigenvalue weighted by Crippen LogP contribution is 2.40. The van der Waals surface area contributed by atoms with Crippen LogP contribution in [-0.4, -0.2) is 0 Å². The van der Waals surface area contributed by atoms with Crippen molar-refractivity contribution >= 4 is 23.7 Å². The number of alkyl halides is 6. The number of nitrogens with two attached hydrogens (primary N) is 1. The van der Waals surface area contributed by atoms with Crippen LogP contribution >= 0.6 is 23.7 Å². The predicted octanol–water partition coefficient (Wildman–Crippen LogP) is 5.26. The van der Waals surface area contributed by atoms with Gasteiger partial charge in [-0.15, -0.1) is 23.7 Å². The van der Waals surface area contributed by atoms with Crippen LogP contribution in [0.1, 0.15) is 27.6 Å². The average Bonchev–Trinajstić information content (AvgIpc) is 2.88. The molecule has 0 radical (unpaired) electrons. The Morgan fingerprint density at radius 2 is 1.59 bits per heavy atom. The monoisotopic (exact) mass is 361 g/mol. The number of thiophene rings is 1. The zero-order valence-corrected chi connectivity index (χ0v) is 12.3. The van der Waals surface area contributed by atoms with Gasteiger partial charge in [0.2, 0.25) is 0 Å². The molecular weight excluding hydrogens is 352 g/mol. The first kappa shape index (κ1) is 18.8. The number of rotatable bonds is 2. The summed E-state index contributed by atoms with van der Waals surface area (Å²) in [5.74, 6) is 0. The molecule has 0 aliphatic heterocycles. The highest BCUT2D eigenvalue weighted by Gasteiger charge is 2.38. The lowest BCUT2D eigenvalue weighted by atomic mass is 9.96. The van der Waals surface area contributed by atoms with E-state index >= 15 is 0 Å². The highest BCUT2D eigenvalue weighted by molar-refractivity contribution is 7.10. The van der Waals surface area contributed by atoms with Gasteiger partial charge in [0.25, 0.3) is 0 Å². The van der Waals surface area contributed by atoms with Crippen molar-refractivity contribution in [1.82, 2.24) is 0 Å². The van der Waals surface area contributed by atoms with Crippen molar-refractivity contribution in [2.45, 2.75) is 18.4 Å². The molecule has 2 N–H and O–H groups in total. The SMILES string of the molecule is Cl.N[C@@H](c1cccs1)c1cc(C(F)(F)F)ccc1C(F)(F)F. The number of hydrogen-bond acceptors (Lipinski definition) is 2. The summed E-state index contributed by atoms with van der Waals surface area (Å²) in [4.78, 5) is 0.361. The lowest BCUT2D eigenvalue weighted by Gasteiger charge is -2.19. The Morgan fingerprint density at radius 3 is 2.05 bits per heavy atom. The molecule has 0 spiro atoms. The lowest BCUT2D eigenvalue weighted by Crippen LogP contribution is -2.19. The first-order valence-corrected chi connectivity index (χ1v) is 6.56. The molecule has 1 aromatic carbocycles. The van der Waals surface area contributed by atoms with Crippen LogP contribution in [0.2, 0.25) is 0 Å². The van der Waals surface area contributed by atoms with Gasteiger partial charge in [0.1, 0.15) is 0 Å². The van der Waals surface area contributed by atoms with Crippen LogP contribution in [0, 0.1) is 0 Å². The van der Waals surface area contributed by atoms with Crippen LogP contribution in [0.5, 0.6) is 0 Å². The van der Waals surface area contributed by atoms with Gasteiger partial charge in [-0.25, -0.2) is 0 Å². The van der Waals surface area contributed by atoms with Crippen molar-refractivity contribution in [2.24, 2.45) is 5.73 Å². The van der Waals surface area contributed by atoms with E-state index in [2.05, 4.69) is 0 Å². The van der Waals surface area contributed by atoms with Crippen LogP contribution < -0.4 is 5.73 Å². The van der Waals surface area contributed by atoms with Gasteiger partial charge in [0, 0.05) is 4.88 Å². The minimum absolute atomic E-state index is 0. The Bertz CT molecular complexity index is 620. The largest absolute Gasteiger partial charge is 0.416 e. The molecule has 0 saturated carbocycles. The second-order valence-electron chi connectivity index (χ2n) is 4.29. The third-order valence-corrected chi connectivity index (χ3v) is 3.82. The molecule has 9 heteroatoms. The van der Waals surface area contributed by atoms with Gasteiger partial charge in [-0.3, -0.25) is 0 Å². The number of benzene rings is 1. The van der Waals surface area contributed by atoms with Crippen molar-refractivity contribution in [3.63, 3.8) is 0 Å². The van der Waals surface area contributed by atoms with E-state index in [-0.39, 0.29) is 12.4 Å². The lowest BCUT2D eigenvalue weighted by molar-refractivity contribution is -0.141. The molecule has 0 amide bonds. The molecular formula is C13H10ClF6NS. The summed E-state index contributed by atoms with van der Waals surface area (Å²) in [6.45, 7) is 0. The van der Waals surface area contributed by atoms with Crippen molar-refractivity contribution in [2.75, 3.05) is 0 Å². The zero-order chi connectivity index (χ0) is 15.8. The summed E-state index contributed by atoms with van der Waals surface area (Å²) in [5, 5.41) is 1.59. The topological polar surface area (TPSA) is 26.0 Å². The van der Waals surface area contributed by atoms with E-state index in [1.165, 1.54) is 6.07 Å². The van der Waals surface area contributed by atoms with Gasteiger partial charge in [-0.1, -0.05) is 6.07 Å². The summed E-state index contributed by atoms with van der Waals surface area (Å²) in [5.41, 5.74) is 2.82. The minimum Gasteiger partial charge on any atom is -0.320 e. The second-order valence-corrected chi connectivity index (χ2v) is 5.27. The fourth-order valence-corrected chi connectivity index (χ4v) is 2.62. The predicted molar refractivity (Wildman–Crippen MR) is 74.0 cm³/mol. The van der Waals surface area contributed by atoms with Crippen LogP contribution in [0.25, 0.3) is 0 Å². The van der Waals surface area contributed by atoms with Gasteiger partial charge in [-0.05, 0) is 35.2 Å². The summed E-state index contributed by atoms with van der Waals surface area (Å²) < 4.78 is 76.9. The summed E-state index contributed by atoms with van der Waals surface area (Å²) in [6.07, 6.45) is -9.50. The average molecular weight is 362 g/mol. The fraction of sp³-hybridized carbons (Fsp3) is 0.231. The molecule has 0 aliphatic carbocycles. The van der Waals surface area contributed by atoms with E-state index < -0.39 is 35.1 Å². The Balaban J connectivity index is 0.00000242. The molecule has 0 saturated heterocycles. The molecule has 122 valence electrons. The summed E-state index contributed by atoms with van der Waals surface area (Å²) in [6, 6.07) is 3.09. The summed E-state index contributed by atoms with van der Waals surface area (Å²) >= 11 is 1.08. The minimum atomic E-state index is -4.77. The maximum atomic E-state index is 12.9. The normalized spacial score (nSPS) is 13.6. The molecule has 1 heterocycles. The summed E-state index contributed by atoms with van der Waals surface area (Å²) in [7, 11) is 0. The number of halogens is 7. The van der Waals surface area contributed by atoms with Crippen LogP contribution in [0.3, 0.4) is 0 Å². The van der Waals surface area contributed by atoms with Gasteiger partial charge in [0.15, 0.2) is 0 Å². The second kappa shape index (κ2) is 6.47. The Morgan fingerprint density at radius 1 is 0.955 bits per heavy atom. The van der Waals surface area contributed by atoms with Crippen LogP contribution in [0.15, 0.2) is 35.7 Å². The third kappa shape index (κ3) is 3.93. The molecule has 2 aromatic rings. The fourth-order valence-electron chi connectivity index (χ4n) is 1.88. The Kier molecular flexibility index (Phi) is 5.53. The number of hydrogen-bond donors (Lipinski definition) is 1. The Hall–Kier alpha value is -1.25. The van der Waals surface area contributed by atoms with Crippen LogP contribution in [0.4, 0.5) is 26.3 Å². The molecule has 22 heavy (non-hydrogen) atoms. The van der Waals surface area contributed by atoms with Gasteiger partial charge in [0.05, 0.1) is 17.2 Å². The molecule has 0 bridgehead atoms. The first-order valence-electron chi connectivity index (χ1n) is 5.68. The molecule has 1 aromatic heterocycles. The standard InChI is InChI=1S/C13H9F6NS.ClH/c14-12(15,16)7-3-4-9(13(17,18)19)8(6-7)11(20)10-2-1-5-21-10;/h1-6,11H,20H2;1H/t11-;/m1./s1. The first-order chi connectivity index (χ1) is 9.60. The highest BCUT2D eigenvalue weighted by atomic mass is 35.5. The van der Waals surface area contributed by atoms with Crippen molar-refractivity contribution in [1.29, 1.82) is 0 Å². The third-order valence-electron chi connectivity index (χ3n) is 2.87. The maximum Gasteiger partial charge on any atom is 0.416 e.